The minimum atomic E-state index is -1.82. The van der Waals surface area contributed by atoms with Gasteiger partial charge in [-0.1, -0.05) is 18.2 Å². The van der Waals surface area contributed by atoms with Gasteiger partial charge in [0.1, 0.15) is 5.75 Å². The van der Waals surface area contributed by atoms with Crippen molar-refractivity contribution in [1.29, 1.82) is 0 Å². The van der Waals surface area contributed by atoms with Crippen LogP contribution in [0.1, 0.15) is 29.9 Å². The zero-order valence-electron chi connectivity index (χ0n) is 21.8. The van der Waals surface area contributed by atoms with Crippen LogP contribution in [0.25, 0.3) is 0 Å². The summed E-state index contributed by atoms with van der Waals surface area (Å²) in [6, 6.07) is 14.1. The Balaban J connectivity index is 0.000000717. The van der Waals surface area contributed by atoms with Crippen LogP contribution in [0.5, 0.6) is 17.2 Å². The number of likely N-dealkylation sites (N-methyl/N-ethyl adjacent to an activating group) is 1. The predicted molar refractivity (Wildman–Crippen MR) is 138 cm³/mol. The van der Waals surface area contributed by atoms with E-state index in [1.165, 1.54) is 11.1 Å². The Morgan fingerprint density at radius 2 is 1.59 bits per heavy atom. The lowest BCUT2D eigenvalue weighted by Gasteiger charge is -2.21. The number of hydrogen-bond acceptors (Lipinski definition) is 7. The lowest BCUT2D eigenvalue weighted by atomic mass is 9.98. The Kier molecular flexibility index (Phi) is 11.7. The highest BCUT2D eigenvalue weighted by Crippen LogP contribution is 2.30. The quantitative estimate of drug-likeness (QED) is 0.434. The summed E-state index contributed by atoms with van der Waals surface area (Å²) in [4.78, 5) is 35.0. The fourth-order valence-corrected chi connectivity index (χ4v) is 4.09. The molecule has 2 N–H and O–H groups in total. The first-order valence-electron chi connectivity index (χ1n) is 12.0. The number of likely N-dealkylation sites (tertiary alicyclic amines) is 1. The number of benzene rings is 2. The van der Waals surface area contributed by atoms with Crippen molar-refractivity contribution in [2.45, 2.75) is 25.2 Å². The lowest BCUT2D eigenvalue weighted by Crippen LogP contribution is -2.30. The average molecular weight is 517 g/mol. The third kappa shape index (κ3) is 9.30. The van der Waals surface area contributed by atoms with Gasteiger partial charge in [0.25, 0.3) is 0 Å². The Hall–Kier alpha value is -3.79. The second-order valence-electron chi connectivity index (χ2n) is 8.72. The van der Waals surface area contributed by atoms with Crippen LogP contribution in [-0.4, -0.2) is 92.4 Å². The van der Waals surface area contributed by atoms with Crippen molar-refractivity contribution in [2.75, 3.05) is 54.6 Å². The number of aliphatic carboxylic acids is 2. The molecule has 10 heteroatoms. The zero-order chi connectivity index (χ0) is 27.4. The molecule has 1 atom stereocenters. The van der Waals surface area contributed by atoms with Gasteiger partial charge in [-0.2, -0.15) is 0 Å². The normalized spacial score (nSPS) is 14.7. The lowest BCUT2D eigenvalue weighted by molar-refractivity contribution is -0.159. The molecule has 0 spiro atoms. The van der Waals surface area contributed by atoms with Crippen molar-refractivity contribution in [3.8, 4) is 17.2 Å². The van der Waals surface area contributed by atoms with Crippen LogP contribution in [0.4, 0.5) is 0 Å². The standard InChI is InChI=1S/C25H34N2O4.C2H2O4/c1-26(15-12-19-6-11-23(30-3)24(16-19)31-4)13-5-14-27-18-21(17-25(27)28)20-7-9-22(29-2)10-8-20;3-1(4)2(5)6/h6-11,16,21H,5,12-15,17-18H2,1-4H3;(H,3,4)(H,5,6). The maximum Gasteiger partial charge on any atom is 0.414 e. The van der Waals surface area contributed by atoms with Crippen LogP contribution in [0, 0.1) is 0 Å². The molecule has 1 fully saturated rings. The number of nitrogens with zero attached hydrogens (tertiary/aromatic N) is 2. The first-order chi connectivity index (χ1) is 17.7. The summed E-state index contributed by atoms with van der Waals surface area (Å²) >= 11 is 0. The number of methoxy groups -OCH3 is 3. The monoisotopic (exact) mass is 516 g/mol. The SMILES string of the molecule is COc1ccc(C2CC(=O)N(CCCN(C)CCc3ccc(OC)c(OC)c3)C2)cc1.O=C(O)C(=O)O. The Labute approximate surface area is 217 Å². The van der Waals surface area contributed by atoms with E-state index in [1.54, 1.807) is 21.3 Å². The second kappa shape index (κ2) is 14.7. The molecule has 1 heterocycles. The molecule has 202 valence electrons. The first kappa shape index (κ1) is 29.4. The number of ether oxygens (including phenoxy) is 3. The fourth-order valence-electron chi connectivity index (χ4n) is 4.09. The molecule has 1 aliphatic rings. The molecule has 1 unspecified atom stereocenters. The number of carboxylic acids is 2. The smallest absolute Gasteiger partial charge is 0.414 e. The van der Waals surface area contributed by atoms with Crippen molar-refractivity contribution >= 4 is 17.8 Å². The molecule has 2 aromatic rings. The largest absolute Gasteiger partial charge is 0.497 e. The Bertz CT molecular complexity index is 1030. The summed E-state index contributed by atoms with van der Waals surface area (Å²) in [5.74, 6) is -0.745. The van der Waals surface area contributed by atoms with Crippen LogP contribution < -0.4 is 14.2 Å². The molecule has 0 bridgehead atoms. The highest BCUT2D eigenvalue weighted by Gasteiger charge is 2.30. The third-order valence-corrected chi connectivity index (χ3v) is 6.18. The fraction of sp³-hybridized carbons (Fsp3) is 0.444. The maximum atomic E-state index is 12.4. The Morgan fingerprint density at radius 3 is 2.16 bits per heavy atom. The number of carbonyl (C=O) groups is 3. The van der Waals surface area contributed by atoms with Gasteiger partial charge in [0, 0.05) is 32.0 Å². The minimum absolute atomic E-state index is 0.258. The molecule has 1 aliphatic heterocycles. The molecule has 0 aromatic heterocycles. The van der Waals surface area contributed by atoms with E-state index in [1.807, 2.05) is 29.2 Å². The minimum Gasteiger partial charge on any atom is -0.497 e. The maximum absolute atomic E-state index is 12.4. The van der Waals surface area contributed by atoms with Gasteiger partial charge in [-0.15, -0.1) is 0 Å². The van der Waals surface area contributed by atoms with Crippen LogP contribution in [-0.2, 0) is 20.8 Å². The molecule has 1 saturated heterocycles. The van der Waals surface area contributed by atoms with Crippen molar-refractivity contribution < 1.29 is 38.8 Å². The molecule has 10 nitrogen and oxygen atoms in total. The van der Waals surface area contributed by atoms with E-state index in [-0.39, 0.29) is 11.8 Å². The number of carbonyl (C=O) groups excluding carboxylic acids is 1. The molecule has 0 aliphatic carbocycles. The van der Waals surface area contributed by atoms with Gasteiger partial charge in [0.2, 0.25) is 5.91 Å². The number of hydrogen-bond donors (Lipinski definition) is 2. The summed E-state index contributed by atoms with van der Waals surface area (Å²) in [5.41, 5.74) is 2.44. The van der Waals surface area contributed by atoms with Gasteiger partial charge < -0.3 is 34.2 Å². The summed E-state index contributed by atoms with van der Waals surface area (Å²) in [6.07, 6.45) is 2.52. The third-order valence-electron chi connectivity index (χ3n) is 6.18. The van der Waals surface area contributed by atoms with E-state index in [2.05, 4.69) is 30.1 Å². The van der Waals surface area contributed by atoms with E-state index in [9.17, 15) is 4.79 Å². The van der Waals surface area contributed by atoms with Crippen molar-refractivity contribution in [3.05, 3.63) is 53.6 Å². The van der Waals surface area contributed by atoms with Crippen LogP contribution >= 0.6 is 0 Å². The van der Waals surface area contributed by atoms with E-state index in [0.29, 0.717) is 6.42 Å². The highest BCUT2D eigenvalue weighted by molar-refractivity contribution is 6.27. The summed E-state index contributed by atoms with van der Waals surface area (Å²) in [5, 5.41) is 14.8. The van der Waals surface area contributed by atoms with Gasteiger partial charge in [-0.05, 0) is 61.8 Å². The number of amides is 1. The summed E-state index contributed by atoms with van der Waals surface area (Å²) in [6.45, 7) is 3.54. The molecule has 37 heavy (non-hydrogen) atoms. The highest BCUT2D eigenvalue weighted by atomic mass is 16.5. The Morgan fingerprint density at radius 1 is 0.946 bits per heavy atom. The van der Waals surface area contributed by atoms with Gasteiger partial charge in [-0.3, -0.25) is 4.79 Å². The molecule has 0 radical (unpaired) electrons. The molecule has 1 amide bonds. The first-order valence-corrected chi connectivity index (χ1v) is 12.0. The number of carboxylic acid groups (broad SMARTS) is 2. The van der Waals surface area contributed by atoms with E-state index < -0.39 is 11.9 Å². The van der Waals surface area contributed by atoms with Crippen LogP contribution in [0.15, 0.2) is 42.5 Å². The van der Waals surface area contributed by atoms with Crippen molar-refractivity contribution in [3.63, 3.8) is 0 Å². The zero-order valence-corrected chi connectivity index (χ0v) is 21.8. The van der Waals surface area contributed by atoms with Gasteiger partial charge in [-0.25, -0.2) is 9.59 Å². The second-order valence-corrected chi connectivity index (χ2v) is 8.72. The molecule has 3 rings (SSSR count). The van der Waals surface area contributed by atoms with Crippen molar-refractivity contribution in [1.82, 2.24) is 9.80 Å². The topological polar surface area (TPSA) is 126 Å². The summed E-state index contributed by atoms with van der Waals surface area (Å²) in [7, 11) is 7.11. The van der Waals surface area contributed by atoms with Crippen LogP contribution in [0.2, 0.25) is 0 Å². The van der Waals surface area contributed by atoms with Gasteiger partial charge >= 0.3 is 11.9 Å². The van der Waals surface area contributed by atoms with E-state index in [0.717, 1.165) is 56.3 Å². The average Bonchev–Trinajstić information content (AvgIpc) is 3.27. The van der Waals surface area contributed by atoms with Gasteiger partial charge in [0.15, 0.2) is 11.5 Å². The van der Waals surface area contributed by atoms with Crippen molar-refractivity contribution in [2.24, 2.45) is 0 Å². The molecular formula is C27H36N2O8. The van der Waals surface area contributed by atoms with E-state index in [4.69, 9.17) is 34.0 Å². The number of rotatable bonds is 11. The van der Waals surface area contributed by atoms with Crippen LogP contribution in [0.3, 0.4) is 0 Å². The predicted octanol–water partition coefficient (Wildman–Crippen LogP) is 2.75. The molecular weight excluding hydrogens is 480 g/mol. The molecule has 2 aromatic carbocycles. The summed E-state index contributed by atoms with van der Waals surface area (Å²) < 4.78 is 15.9. The van der Waals surface area contributed by atoms with E-state index >= 15 is 0 Å². The molecule has 0 saturated carbocycles. The van der Waals surface area contributed by atoms with Gasteiger partial charge in [0.05, 0.1) is 21.3 Å².